The predicted octanol–water partition coefficient (Wildman–Crippen LogP) is 5.92. The van der Waals surface area contributed by atoms with Crippen molar-refractivity contribution in [1.82, 2.24) is 15.0 Å². The number of benzene rings is 4. The molecular formula is C27H21N3O2. The molecule has 0 aliphatic carbocycles. The van der Waals surface area contributed by atoms with Crippen LogP contribution in [0.15, 0.2) is 84.9 Å². The van der Waals surface area contributed by atoms with Gasteiger partial charge < -0.3 is 4.74 Å². The summed E-state index contributed by atoms with van der Waals surface area (Å²) in [5.41, 5.74) is 5.30. The molecule has 0 unspecified atom stereocenters. The summed E-state index contributed by atoms with van der Waals surface area (Å²) in [7, 11) is 0. The van der Waals surface area contributed by atoms with Gasteiger partial charge in [0, 0.05) is 5.39 Å². The molecule has 1 aromatic heterocycles. The SMILES string of the molecule is CCOC(=O)c1ccc(C=Cc2ccc(-n3nc4ccc5ccccc5c4n3)cc2)cc1. The minimum Gasteiger partial charge on any atom is -0.462 e. The second kappa shape index (κ2) is 8.47. The molecule has 0 amide bonds. The Labute approximate surface area is 185 Å². The van der Waals surface area contributed by atoms with Gasteiger partial charge in [0.2, 0.25) is 0 Å². The van der Waals surface area contributed by atoms with Crippen molar-refractivity contribution in [2.45, 2.75) is 6.92 Å². The Morgan fingerprint density at radius 1 is 0.844 bits per heavy atom. The molecule has 0 radical (unpaired) electrons. The Kier molecular flexibility index (Phi) is 5.22. The highest BCUT2D eigenvalue weighted by molar-refractivity contribution is 6.03. The van der Waals surface area contributed by atoms with Gasteiger partial charge in [0.1, 0.15) is 11.0 Å². The van der Waals surface area contributed by atoms with Crippen molar-refractivity contribution < 1.29 is 9.53 Å². The minimum atomic E-state index is -0.300. The quantitative estimate of drug-likeness (QED) is 0.262. The van der Waals surface area contributed by atoms with E-state index in [1.54, 1.807) is 23.9 Å². The van der Waals surface area contributed by atoms with Gasteiger partial charge in [-0.1, -0.05) is 66.7 Å². The number of esters is 1. The van der Waals surface area contributed by atoms with Gasteiger partial charge in [-0.15, -0.1) is 10.2 Å². The third-order valence-corrected chi connectivity index (χ3v) is 5.29. The first kappa shape index (κ1) is 19.7. The average Bonchev–Trinajstić information content (AvgIpc) is 3.29. The summed E-state index contributed by atoms with van der Waals surface area (Å²) in [6.45, 7) is 2.17. The zero-order valence-corrected chi connectivity index (χ0v) is 17.6. The molecule has 0 saturated carbocycles. The van der Waals surface area contributed by atoms with Crippen LogP contribution in [0.1, 0.15) is 28.4 Å². The van der Waals surface area contributed by atoms with E-state index in [0.717, 1.165) is 38.6 Å². The lowest BCUT2D eigenvalue weighted by Crippen LogP contribution is -2.03. The summed E-state index contributed by atoms with van der Waals surface area (Å²) < 4.78 is 5.02. The van der Waals surface area contributed by atoms with Crippen molar-refractivity contribution in [3.05, 3.63) is 102 Å². The molecule has 4 aromatic carbocycles. The van der Waals surface area contributed by atoms with E-state index in [9.17, 15) is 4.79 Å². The topological polar surface area (TPSA) is 57.0 Å². The number of ether oxygens (including phenoxy) is 1. The van der Waals surface area contributed by atoms with Crippen LogP contribution in [0.5, 0.6) is 0 Å². The zero-order chi connectivity index (χ0) is 21.9. The first-order valence-electron chi connectivity index (χ1n) is 10.5. The van der Waals surface area contributed by atoms with E-state index < -0.39 is 0 Å². The van der Waals surface area contributed by atoms with Gasteiger partial charge >= 0.3 is 5.97 Å². The fourth-order valence-corrected chi connectivity index (χ4v) is 3.62. The van der Waals surface area contributed by atoms with E-state index in [2.05, 4.69) is 23.3 Å². The number of fused-ring (bicyclic) bond motifs is 3. The molecular weight excluding hydrogens is 398 g/mol. The smallest absolute Gasteiger partial charge is 0.338 e. The zero-order valence-electron chi connectivity index (χ0n) is 17.6. The summed E-state index contributed by atoms with van der Waals surface area (Å²) >= 11 is 0. The van der Waals surface area contributed by atoms with Gasteiger partial charge in [0.15, 0.2) is 0 Å². The third kappa shape index (κ3) is 3.88. The van der Waals surface area contributed by atoms with Crippen LogP contribution >= 0.6 is 0 Å². The molecule has 0 fully saturated rings. The summed E-state index contributed by atoms with van der Waals surface area (Å²) in [4.78, 5) is 13.4. The summed E-state index contributed by atoms with van der Waals surface area (Å²) in [5, 5.41) is 11.6. The molecule has 0 saturated heterocycles. The highest BCUT2D eigenvalue weighted by Crippen LogP contribution is 2.23. The standard InChI is InChI=1S/C27H21N3O2/c1-2-32-27(31)22-13-9-19(10-14-22)7-8-20-11-16-23(17-12-20)30-28-25-18-15-21-5-3-4-6-24(21)26(25)29-30/h3-18H,2H2,1H3. The maximum atomic E-state index is 11.8. The molecule has 0 N–H and O–H groups in total. The Hall–Kier alpha value is -4.25. The normalized spacial score (nSPS) is 11.4. The molecule has 0 aliphatic heterocycles. The van der Waals surface area contributed by atoms with E-state index in [0.29, 0.717) is 12.2 Å². The lowest BCUT2D eigenvalue weighted by molar-refractivity contribution is 0.0526. The monoisotopic (exact) mass is 419 g/mol. The number of aromatic nitrogens is 3. The Morgan fingerprint density at radius 3 is 2.25 bits per heavy atom. The maximum absolute atomic E-state index is 11.8. The van der Waals surface area contributed by atoms with Crippen molar-refractivity contribution >= 4 is 39.9 Å². The van der Waals surface area contributed by atoms with Crippen molar-refractivity contribution in [2.75, 3.05) is 6.61 Å². The maximum Gasteiger partial charge on any atom is 0.338 e. The second-order valence-corrected chi connectivity index (χ2v) is 7.41. The van der Waals surface area contributed by atoms with Crippen LogP contribution < -0.4 is 0 Å². The molecule has 5 nitrogen and oxygen atoms in total. The molecule has 32 heavy (non-hydrogen) atoms. The van der Waals surface area contributed by atoms with Crippen LogP contribution in [-0.2, 0) is 4.74 Å². The molecule has 5 heteroatoms. The van der Waals surface area contributed by atoms with Crippen LogP contribution in [0.3, 0.4) is 0 Å². The van der Waals surface area contributed by atoms with Crippen LogP contribution in [-0.4, -0.2) is 27.6 Å². The van der Waals surface area contributed by atoms with E-state index >= 15 is 0 Å². The Morgan fingerprint density at radius 2 is 1.53 bits per heavy atom. The van der Waals surface area contributed by atoms with Crippen LogP contribution in [0.25, 0.3) is 39.6 Å². The highest BCUT2D eigenvalue weighted by Gasteiger charge is 2.08. The molecule has 0 aliphatic rings. The molecule has 5 aromatic rings. The lowest BCUT2D eigenvalue weighted by atomic mass is 10.1. The summed E-state index contributed by atoms with van der Waals surface area (Å²) in [5.74, 6) is -0.300. The van der Waals surface area contributed by atoms with Crippen LogP contribution in [0, 0.1) is 0 Å². The van der Waals surface area contributed by atoms with Gasteiger partial charge in [-0.2, -0.15) is 4.80 Å². The van der Waals surface area contributed by atoms with E-state index in [1.807, 2.05) is 66.7 Å². The fraction of sp³-hybridized carbons (Fsp3) is 0.0741. The van der Waals surface area contributed by atoms with E-state index in [-0.39, 0.29) is 5.97 Å². The average molecular weight is 419 g/mol. The first-order valence-corrected chi connectivity index (χ1v) is 10.5. The van der Waals surface area contributed by atoms with Gasteiger partial charge in [-0.05, 0) is 53.8 Å². The molecule has 156 valence electrons. The number of hydrogen-bond donors (Lipinski definition) is 0. The van der Waals surface area contributed by atoms with Gasteiger partial charge in [0.25, 0.3) is 0 Å². The largest absolute Gasteiger partial charge is 0.462 e. The number of hydrogen-bond acceptors (Lipinski definition) is 4. The molecule has 0 bridgehead atoms. The second-order valence-electron chi connectivity index (χ2n) is 7.41. The van der Waals surface area contributed by atoms with Crippen molar-refractivity contribution in [2.24, 2.45) is 0 Å². The Bertz CT molecular complexity index is 1430. The van der Waals surface area contributed by atoms with E-state index in [4.69, 9.17) is 9.84 Å². The lowest BCUT2D eigenvalue weighted by Gasteiger charge is -2.02. The van der Waals surface area contributed by atoms with Crippen molar-refractivity contribution in [3.63, 3.8) is 0 Å². The third-order valence-electron chi connectivity index (χ3n) is 5.29. The number of nitrogens with zero attached hydrogens (tertiary/aromatic N) is 3. The molecule has 1 heterocycles. The van der Waals surface area contributed by atoms with E-state index in [1.165, 1.54) is 0 Å². The summed E-state index contributed by atoms with van der Waals surface area (Å²) in [6.07, 6.45) is 4.04. The van der Waals surface area contributed by atoms with Crippen molar-refractivity contribution in [3.8, 4) is 5.69 Å². The summed E-state index contributed by atoms with van der Waals surface area (Å²) in [6, 6.07) is 27.7. The van der Waals surface area contributed by atoms with Gasteiger partial charge in [0.05, 0.1) is 17.9 Å². The fourth-order valence-electron chi connectivity index (χ4n) is 3.62. The number of carbonyl (C=O) groups is 1. The molecule has 0 atom stereocenters. The van der Waals surface area contributed by atoms with Gasteiger partial charge in [-0.25, -0.2) is 4.79 Å². The molecule has 5 rings (SSSR count). The van der Waals surface area contributed by atoms with Crippen LogP contribution in [0.2, 0.25) is 0 Å². The van der Waals surface area contributed by atoms with Gasteiger partial charge in [-0.3, -0.25) is 0 Å². The first-order chi connectivity index (χ1) is 15.7. The van der Waals surface area contributed by atoms with Crippen molar-refractivity contribution in [1.29, 1.82) is 0 Å². The highest BCUT2D eigenvalue weighted by atomic mass is 16.5. The number of rotatable bonds is 5. The Balaban J connectivity index is 1.35. The number of carbonyl (C=O) groups excluding carboxylic acids is 1. The minimum absolute atomic E-state index is 0.300. The van der Waals surface area contributed by atoms with Crippen LogP contribution in [0.4, 0.5) is 0 Å². The molecule has 0 spiro atoms. The predicted molar refractivity (Wildman–Crippen MR) is 128 cm³/mol.